The van der Waals surface area contributed by atoms with Gasteiger partial charge in [0.1, 0.15) is 6.10 Å². The minimum Gasteiger partial charge on any atom is -0.367 e. The summed E-state index contributed by atoms with van der Waals surface area (Å²) >= 11 is 24.6. The van der Waals surface area contributed by atoms with Gasteiger partial charge in [0.25, 0.3) is 0 Å². The molecule has 1 unspecified atom stereocenters. The first-order valence-electron chi connectivity index (χ1n) is 7.49. The van der Waals surface area contributed by atoms with E-state index in [2.05, 4.69) is 4.98 Å². The van der Waals surface area contributed by atoms with Gasteiger partial charge in [-0.05, 0) is 35.9 Å². The number of imidazole rings is 1. The van der Waals surface area contributed by atoms with Crippen LogP contribution in [0.4, 0.5) is 0 Å². The lowest BCUT2D eigenvalue weighted by atomic mass is 10.1. The second-order valence-corrected chi connectivity index (χ2v) is 7.15. The van der Waals surface area contributed by atoms with Gasteiger partial charge in [0, 0.05) is 38.0 Å². The Morgan fingerprint density at radius 3 is 2.38 bits per heavy atom. The molecule has 138 valence electrons. The third kappa shape index (κ3) is 5.53. The maximum absolute atomic E-state index is 6.37. The Morgan fingerprint density at radius 2 is 1.69 bits per heavy atom. The van der Waals surface area contributed by atoms with Crippen molar-refractivity contribution in [2.45, 2.75) is 19.3 Å². The van der Waals surface area contributed by atoms with Crippen molar-refractivity contribution in [3.8, 4) is 0 Å². The van der Waals surface area contributed by atoms with Crippen LogP contribution in [0.15, 0.2) is 55.1 Å². The van der Waals surface area contributed by atoms with E-state index >= 15 is 0 Å². The highest BCUT2D eigenvalue weighted by Gasteiger charge is 2.17. The zero-order valence-corrected chi connectivity index (χ0v) is 17.3. The predicted octanol–water partition coefficient (Wildman–Crippen LogP) is 6.88. The molecule has 1 heterocycles. The second-order valence-electron chi connectivity index (χ2n) is 5.46. The summed E-state index contributed by atoms with van der Waals surface area (Å²) in [7, 11) is 0. The Kier molecular flexibility index (Phi) is 8.08. The van der Waals surface area contributed by atoms with Crippen molar-refractivity contribution in [1.82, 2.24) is 9.55 Å². The quantitative estimate of drug-likeness (QED) is 0.408. The Bertz CT molecular complexity index is 855. The molecule has 8 heteroatoms. The van der Waals surface area contributed by atoms with Gasteiger partial charge in [-0.1, -0.05) is 52.5 Å². The summed E-state index contributed by atoms with van der Waals surface area (Å²) < 4.78 is 8.05. The molecular formula is C18H15Cl5N2O. The largest absolute Gasteiger partial charge is 0.367 e. The number of benzene rings is 2. The molecule has 0 N–H and O–H groups in total. The van der Waals surface area contributed by atoms with Crippen molar-refractivity contribution in [2.24, 2.45) is 0 Å². The van der Waals surface area contributed by atoms with Crippen LogP contribution in [0.2, 0.25) is 20.1 Å². The van der Waals surface area contributed by atoms with E-state index in [1.54, 1.807) is 42.9 Å². The SMILES string of the molecule is Cl.Clc1ccc(C(Cn2ccnc2)OCc2cc(Cl)ccc2Cl)c(Cl)c1. The van der Waals surface area contributed by atoms with Crippen LogP contribution in [0.25, 0.3) is 0 Å². The molecule has 0 bridgehead atoms. The predicted molar refractivity (Wildman–Crippen MR) is 110 cm³/mol. The van der Waals surface area contributed by atoms with Gasteiger partial charge >= 0.3 is 0 Å². The number of ether oxygens (including phenoxy) is 1. The Morgan fingerprint density at radius 1 is 0.962 bits per heavy atom. The molecule has 1 atom stereocenters. The highest BCUT2D eigenvalue weighted by Crippen LogP contribution is 2.31. The maximum Gasteiger partial charge on any atom is 0.102 e. The van der Waals surface area contributed by atoms with E-state index in [1.165, 1.54) is 0 Å². The molecule has 3 nitrogen and oxygen atoms in total. The van der Waals surface area contributed by atoms with Crippen molar-refractivity contribution < 1.29 is 4.74 Å². The number of hydrogen-bond acceptors (Lipinski definition) is 2. The molecule has 1 aromatic heterocycles. The molecule has 3 rings (SSSR count). The Hall–Kier alpha value is -0.940. The van der Waals surface area contributed by atoms with E-state index in [4.69, 9.17) is 51.1 Å². The number of nitrogens with zero attached hydrogens (tertiary/aromatic N) is 2. The lowest BCUT2D eigenvalue weighted by Gasteiger charge is -2.21. The summed E-state index contributed by atoms with van der Waals surface area (Å²) in [4.78, 5) is 4.06. The van der Waals surface area contributed by atoms with Crippen LogP contribution < -0.4 is 0 Å². The van der Waals surface area contributed by atoms with E-state index in [0.29, 0.717) is 33.2 Å². The molecule has 0 spiro atoms. The molecule has 2 aromatic carbocycles. The molecule has 26 heavy (non-hydrogen) atoms. The fourth-order valence-corrected chi connectivity index (χ4v) is 3.33. The summed E-state index contributed by atoms with van der Waals surface area (Å²) in [5.74, 6) is 0. The van der Waals surface area contributed by atoms with Gasteiger partial charge in [0.05, 0.1) is 19.5 Å². The standard InChI is InChI=1S/C18H14Cl4N2O.ClH/c19-13-2-4-16(21)12(7-13)10-25-18(9-24-6-5-23-11-24)15-3-1-14(20)8-17(15)22;/h1-8,11,18H,9-10H2;1H. The van der Waals surface area contributed by atoms with Crippen LogP contribution in [-0.2, 0) is 17.9 Å². The molecule has 0 aliphatic carbocycles. The van der Waals surface area contributed by atoms with Crippen LogP contribution in [0.5, 0.6) is 0 Å². The zero-order valence-electron chi connectivity index (χ0n) is 13.4. The molecule has 0 saturated heterocycles. The van der Waals surface area contributed by atoms with Crippen molar-refractivity contribution in [3.05, 3.63) is 86.3 Å². The normalized spacial score (nSPS) is 11.8. The third-order valence-electron chi connectivity index (χ3n) is 3.69. The number of halogens is 5. The summed E-state index contributed by atoms with van der Waals surface area (Å²) in [5, 5.41) is 2.34. The first-order chi connectivity index (χ1) is 12.0. The fourth-order valence-electron chi connectivity index (χ4n) is 2.43. The fraction of sp³-hybridized carbons (Fsp3) is 0.167. The van der Waals surface area contributed by atoms with Crippen molar-refractivity contribution in [3.63, 3.8) is 0 Å². The maximum atomic E-state index is 6.37. The summed E-state index contributed by atoms with van der Waals surface area (Å²) in [6.45, 7) is 0.858. The van der Waals surface area contributed by atoms with Crippen molar-refractivity contribution in [2.75, 3.05) is 0 Å². The smallest absolute Gasteiger partial charge is 0.102 e. The summed E-state index contributed by atoms with van der Waals surface area (Å²) in [6.07, 6.45) is 5.02. The molecule has 0 fully saturated rings. The Balaban J connectivity index is 0.00000243. The van der Waals surface area contributed by atoms with Crippen LogP contribution in [-0.4, -0.2) is 9.55 Å². The molecule has 0 radical (unpaired) electrons. The van der Waals surface area contributed by atoms with E-state index in [1.807, 2.05) is 16.8 Å². The molecule has 3 aromatic rings. The van der Waals surface area contributed by atoms with Gasteiger partial charge in [0.15, 0.2) is 0 Å². The first-order valence-corrected chi connectivity index (χ1v) is 9.00. The topological polar surface area (TPSA) is 27.1 Å². The van der Waals surface area contributed by atoms with Gasteiger partial charge < -0.3 is 9.30 Å². The van der Waals surface area contributed by atoms with Crippen LogP contribution in [0.3, 0.4) is 0 Å². The molecule has 0 aliphatic rings. The number of hydrogen-bond donors (Lipinski definition) is 0. The summed E-state index contributed by atoms with van der Waals surface area (Å²) in [5.41, 5.74) is 1.66. The van der Waals surface area contributed by atoms with Gasteiger partial charge in [-0.2, -0.15) is 0 Å². The zero-order chi connectivity index (χ0) is 17.8. The third-order valence-corrected chi connectivity index (χ3v) is 4.86. The van der Waals surface area contributed by atoms with Gasteiger partial charge in [-0.15, -0.1) is 12.4 Å². The average molecular weight is 453 g/mol. The lowest BCUT2D eigenvalue weighted by molar-refractivity contribution is 0.0281. The van der Waals surface area contributed by atoms with Crippen LogP contribution in [0, 0.1) is 0 Å². The van der Waals surface area contributed by atoms with Crippen LogP contribution >= 0.6 is 58.8 Å². The van der Waals surface area contributed by atoms with Crippen LogP contribution in [0.1, 0.15) is 17.2 Å². The van der Waals surface area contributed by atoms with E-state index in [-0.39, 0.29) is 18.5 Å². The first kappa shape index (κ1) is 21.4. The lowest BCUT2D eigenvalue weighted by Crippen LogP contribution is -2.12. The van der Waals surface area contributed by atoms with Gasteiger partial charge in [0.2, 0.25) is 0 Å². The second kappa shape index (κ2) is 9.84. The highest BCUT2D eigenvalue weighted by atomic mass is 35.5. The van der Waals surface area contributed by atoms with Gasteiger partial charge in [-0.3, -0.25) is 0 Å². The molecule has 0 amide bonds. The minimum absolute atomic E-state index is 0. The monoisotopic (exact) mass is 450 g/mol. The molecular weight excluding hydrogens is 437 g/mol. The number of rotatable bonds is 6. The average Bonchev–Trinajstić information content (AvgIpc) is 3.08. The molecule has 0 saturated carbocycles. The minimum atomic E-state index is -0.297. The highest BCUT2D eigenvalue weighted by molar-refractivity contribution is 6.35. The number of aromatic nitrogens is 2. The van der Waals surface area contributed by atoms with Crippen molar-refractivity contribution in [1.29, 1.82) is 0 Å². The Labute approximate surface area is 178 Å². The van der Waals surface area contributed by atoms with Gasteiger partial charge in [-0.25, -0.2) is 4.98 Å². The van der Waals surface area contributed by atoms with E-state index in [9.17, 15) is 0 Å². The summed E-state index contributed by atoms with van der Waals surface area (Å²) in [6, 6.07) is 10.6. The van der Waals surface area contributed by atoms with E-state index in [0.717, 1.165) is 11.1 Å². The van der Waals surface area contributed by atoms with Crippen molar-refractivity contribution >= 4 is 58.8 Å². The molecule has 0 aliphatic heterocycles. The van der Waals surface area contributed by atoms with E-state index < -0.39 is 0 Å².